The van der Waals surface area contributed by atoms with Crippen molar-refractivity contribution < 1.29 is 9.53 Å². The van der Waals surface area contributed by atoms with Gasteiger partial charge in [0.05, 0.1) is 5.56 Å². The number of benzene rings is 2. The molecule has 0 aliphatic rings. The Balaban J connectivity index is 2.07. The van der Waals surface area contributed by atoms with Crippen molar-refractivity contribution in [3.05, 3.63) is 77.4 Å². The molecule has 2 atom stereocenters. The van der Waals surface area contributed by atoms with Gasteiger partial charge in [-0.25, -0.2) is 4.79 Å². The zero-order valence-corrected chi connectivity index (χ0v) is 14.0. The van der Waals surface area contributed by atoms with Crippen LogP contribution in [0.1, 0.15) is 43.1 Å². The Kier molecular flexibility index (Phi) is 6.16. The maximum absolute atomic E-state index is 12.2. The lowest BCUT2D eigenvalue weighted by Gasteiger charge is -2.24. The average Bonchev–Trinajstić information content (AvgIpc) is 2.57. The highest BCUT2D eigenvalue weighted by Crippen LogP contribution is 2.24. The van der Waals surface area contributed by atoms with Crippen LogP contribution in [0.25, 0.3) is 6.08 Å². The summed E-state index contributed by atoms with van der Waals surface area (Å²) in [4.78, 5) is 12.2. The Morgan fingerprint density at radius 3 is 2.17 bits per heavy atom. The summed E-state index contributed by atoms with van der Waals surface area (Å²) in [6, 6.07) is 19.4. The van der Waals surface area contributed by atoms with Gasteiger partial charge in [0.15, 0.2) is 0 Å². The molecule has 120 valence electrons. The van der Waals surface area contributed by atoms with Gasteiger partial charge in [-0.2, -0.15) is 0 Å². The van der Waals surface area contributed by atoms with Gasteiger partial charge in [-0.15, -0.1) is 0 Å². The minimum absolute atomic E-state index is 0.160. The fourth-order valence-electron chi connectivity index (χ4n) is 2.84. The number of ether oxygens (including phenoxy) is 1. The second-order valence-corrected chi connectivity index (χ2v) is 5.79. The molecule has 0 saturated carbocycles. The molecule has 2 nitrogen and oxygen atoms in total. The molecule has 23 heavy (non-hydrogen) atoms. The molecule has 0 fully saturated rings. The number of esters is 1. The molecular weight excluding hydrogens is 284 g/mol. The van der Waals surface area contributed by atoms with Crippen LogP contribution in [0.4, 0.5) is 0 Å². The maximum Gasteiger partial charge on any atom is 0.338 e. The van der Waals surface area contributed by atoms with E-state index < -0.39 is 0 Å². The minimum Gasteiger partial charge on any atom is -0.458 e. The van der Waals surface area contributed by atoms with Gasteiger partial charge in [0.1, 0.15) is 6.10 Å². The first-order valence-corrected chi connectivity index (χ1v) is 8.11. The van der Waals surface area contributed by atoms with E-state index in [4.69, 9.17) is 4.74 Å². The highest BCUT2D eigenvalue weighted by Gasteiger charge is 2.21. The van der Waals surface area contributed by atoms with E-state index in [-0.39, 0.29) is 18.0 Å². The largest absolute Gasteiger partial charge is 0.458 e. The molecule has 0 saturated heterocycles. The van der Waals surface area contributed by atoms with Crippen LogP contribution in [-0.4, -0.2) is 12.1 Å². The monoisotopic (exact) mass is 308 g/mol. The van der Waals surface area contributed by atoms with Crippen molar-refractivity contribution in [3.8, 4) is 0 Å². The van der Waals surface area contributed by atoms with Gasteiger partial charge in [0, 0.05) is 5.92 Å². The Labute approximate surface area is 138 Å². The standard InChI is InChI=1S/C21H24O2/c1-4-20(16(2)15-18-11-7-5-8-12-18)17(3)23-21(22)19-13-9-6-10-14-19/h5-15,17,20H,4H2,1-3H3. The Morgan fingerprint density at radius 2 is 1.61 bits per heavy atom. The molecule has 0 N–H and O–H groups in total. The maximum atomic E-state index is 12.2. The van der Waals surface area contributed by atoms with Gasteiger partial charge in [-0.1, -0.05) is 67.1 Å². The highest BCUT2D eigenvalue weighted by atomic mass is 16.5. The molecule has 0 heterocycles. The third kappa shape index (κ3) is 4.82. The van der Waals surface area contributed by atoms with Gasteiger partial charge in [0.2, 0.25) is 0 Å². The summed E-state index contributed by atoms with van der Waals surface area (Å²) in [6.45, 7) is 6.20. The number of rotatable bonds is 6. The van der Waals surface area contributed by atoms with Crippen molar-refractivity contribution in [3.63, 3.8) is 0 Å². The molecule has 0 spiro atoms. The molecule has 2 heteroatoms. The van der Waals surface area contributed by atoms with Crippen molar-refractivity contribution >= 4 is 12.0 Å². The van der Waals surface area contributed by atoms with Crippen LogP contribution >= 0.6 is 0 Å². The van der Waals surface area contributed by atoms with Crippen LogP contribution in [0.5, 0.6) is 0 Å². The highest BCUT2D eigenvalue weighted by molar-refractivity contribution is 5.89. The van der Waals surface area contributed by atoms with Crippen LogP contribution in [0, 0.1) is 5.92 Å². The first-order chi connectivity index (χ1) is 11.1. The van der Waals surface area contributed by atoms with Gasteiger partial charge in [-0.3, -0.25) is 0 Å². The second kappa shape index (κ2) is 8.33. The lowest BCUT2D eigenvalue weighted by Crippen LogP contribution is -2.24. The van der Waals surface area contributed by atoms with Crippen LogP contribution in [-0.2, 0) is 4.74 Å². The molecule has 0 amide bonds. The number of carbonyl (C=O) groups excluding carboxylic acids is 1. The summed E-state index contributed by atoms with van der Waals surface area (Å²) in [5.74, 6) is -0.0491. The van der Waals surface area contributed by atoms with Crippen molar-refractivity contribution in [2.75, 3.05) is 0 Å². The zero-order valence-electron chi connectivity index (χ0n) is 14.0. The summed E-state index contributed by atoms with van der Waals surface area (Å²) in [5, 5.41) is 0. The lowest BCUT2D eigenvalue weighted by molar-refractivity contribution is 0.0235. The van der Waals surface area contributed by atoms with Crippen molar-refractivity contribution in [2.45, 2.75) is 33.3 Å². The van der Waals surface area contributed by atoms with E-state index in [1.54, 1.807) is 12.1 Å². The van der Waals surface area contributed by atoms with E-state index in [2.05, 4.69) is 32.1 Å². The van der Waals surface area contributed by atoms with Crippen LogP contribution in [0.15, 0.2) is 66.2 Å². The van der Waals surface area contributed by atoms with Crippen molar-refractivity contribution in [1.29, 1.82) is 0 Å². The average molecular weight is 308 g/mol. The summed E-state index contributed by atoms with van der Waals surface area (Å²) in [6.07, 6.45) is 2.94. The normalized spacial score (nSPS) is 14.1. The quantitative estimate of drug-likeness (QED) is 0.671. The van der Waals surface area contributed by atoms with E-state index in [0.29, 0.717) is 5.56 Å². The summed E-state index contributed by atoms with van der Waals surface area (Å²) >= 11 is 0. The van der Waals surface area contributed by atoms with Crippen molar-refractivity contribution in [2.24, 2.45) is 5.92 Å². The molecule has 0 bridgehead atoms. The smallest absolute Gasteiger partial charge is 0.338 e. The van der Waals surface area contributed by atoms with Crippen LogP contribution < -0.4 is 0 Å². The van der Waals surface area contributed by atoms with Gasteiger partial charge in [-0.05, 0) is 38.0 Å². The van der Waals surface area contributed by atoms with E-state index in [9.17, 15) is 4.79 Å². The summed E-state index contributed by atoms with van der Waals surface area (Å²) in [7, 11) is 0. The SMILES string of the molecule is CCC(C(C)=Cc1ccccc1)C(C)OC(=O)c1ccccc1. The van der Waals surface area contributed by atoms with Gasteiger partial charge >= 0.3 is 5.97 Å². The predicted octanol–water partition coefficient (Wildman–Crippen LogP) is 5.36. The Bertz CT molecular complexity index is 644. The van der Waals surface area contributed by atoms with E-state index >= 15 is 0 Å². The predicted molar refractivity (Wildman–Crippen MR) is 95.2 cm³/mol. The van der Waals surface area contributed by atoms with Crippen molar-refractivity contribution in [1.82, 2.24) is 0 Å². The molecule has 0 aromatic heterocycles. The van der Waals surface area contributed by atoms with E-state index in [0.717, 1.165) is 6.42 Å². The molecular formula is C21H24O2. The molecule has 2 unspecified atom stereocenters. The topological polar surface area (TPSA) is 26.3 Å². The van der Waals surface area contributed by atoms with Crippen LogP contribution in [0.3, 0.4) is 0 Å². The first-order valence-electron chi connectivity index (χ1n) is 8.11. The molecule has 0 radical (unpaired) electrons. The number of hydrogen-bond donors (Lipinski definition) is 0. The fourth-order valence-corrected chi connectivity index (χ4v) is 2.84. The van der Waals surface area contributed by atoms with E-state index in [1.165, 1.54) is 11.1 Å². The minimum atomic E-state index is -0.260. The van der Waals surface area contributed by atoms with Gasteiger partial charge in [0.25, 0.3) is 0 Å². The second-order valence-electron chi connectivity index (χ2n) is 5.79. The molecule has 2 aromatic rings. The zero-order chi connectivity index (χ0) is 16.7. The van der Waals surface area contributed by atoms with E-state index in [1.807, 2.05) is 43.3 Å². The van der Waals surface area contributed by atoms with Crippen LogP contribution in [0.2, 0.25) is 0 Å². The molecule has 2 aromatic carbocycles. The summed E-state index contributed by atoms with van der Waals surface area (Å²) in [5.41, 5.74) is 3.00. The Hall–Kier alpha value is -2.35. The number of carbonyl (C=O) groups is 1. The third-order valence-electron chi connectivity index (χ3n) is 4.09. The first kappa shape index (κ1) is 17.0. The van der Waals surface area contributed by atoms with Gasteiger partial charge < -0.3 is 4.74 Å². The fraction of sp³-hybridized carbons (Fsp3) is 0.286. The molecule has 0 aliphatic carbocycles. The summed E-state index contributed by atoms with van der Waals surface area (Å²) < 4.78 is 5.67. The third-order valence-corrected chi connectivity index (χ3v) is 4.09. The molecule has 0 aliphatic heterocycles. The number of hydrogen-bond acceptors (Lipinski definition) is 2. The molecule has 2 rings (SSSR count). The Morgan fingerprint density at radius 1 is 1.04 bits per heavy atom. The lowest BCUT2D eigenvalue weighted by atomic mass is 9.91.